The first-order valence-electron chi connectivity index (χ1n) is 16.1. The fourth-order valence-corrected chi connectivity index (χ4v) is 8.89. The van der Waals surface area contributed by atoms with Crippen molar-refractivity contribution in [3.8, 4) is 0 Å². The molecule has 1 aliphatic carbocycles. The number of carbonyl (C=O) groups is 2. The van der Waals surface area contributed by atoms with E-state index in [4.69, 9.17) is 4.98 Å². The number of fused-ring (bicyclic) bond motifs is 2. The van der Waals surface area contributed by atoms with E-state index < -0.39 is 10.0 Å². The summed E-state index contributed by atoms with van der Waals surface area (Å²) in [5.74, 6) is 0.600. The normalized spacial score (nSPS) is 23.1. The molecule has 2 saturated heterocycles. The Morgan fingerprint density at radius 3 is 2.78 bits per heavy atom. The number of benzene rings is 1. The molecule has 9 nitrogen and oxygen atoms in total. The van der Waals surface area contributed by atoms with Crippen molar-refractivity contribution < 1.29 is 18.0 Å². The summed E-state index contributed by atoms with van der Waals surface area (Å²) >= 11 is 1.42. The molecule has 0 saturated carbocycles. The van der Waals surface area contributed by atoms with Crippen LogP contribution in [-0.4, -0.2) is 62.6 Å². The minimum absolute atomic E-state index is 0.158. The van der Waals surface area contributed by atoms with E-state index in [-0.39, 0.29) is 28.7 Å². The van der Waals surface area contributed by atoms with E-state index in [2.05, 4.69) is 47.1 Å². The molecule has 3 atom stereocenters. The number of thiophene rings is 1. The quantitative estimate of drug-likeness (QED) is 0.305. The number of nitrogens with zero attached hydrogens (tertiary/aromatic N) is 2. The van der Waals surface area contributed by atoms with Gasteiger partial charge in [-0.3, -0.25) is 14.3 Å². The van der Waals surface area contributed by atoms with E-state index in [9.17, 15) is 18.0 Å². The molecule has 3 aliphatic rings. The van der Waals surface area contributed by atoms with Crippen LogP contribution in [0.2, 0.25) is 0 Å². The molecule has 2 aliphatic heterocycles. The van der Waals surface area contributed by atoms with Gasteiger partial charge in [0, 0.05) is 36.4 Å². The molecule has 3 aromatic rings. The minimum atomic E-state index is -3.46. The van der Waals surface area contributed by atoms with Gasteiger partial charge in [-0.2, -0.15) is 0 Å². The Labute approximate surface area is 270 Å². The second-order valence-corrected chi connectivity index (χ2v) is 17.2. The fraction of sp³-hybridized carbons (Fsp3) is 0.559. The number of amides is 2. The number of likely N-dealkylation sites (tertiary alicyclic amines) is 1. The van der Waals surface area contributed by atoms with Crippen LogP contribution < -0.4 is 15.4 Å². The van der Waals surface area contributed by atoms with Crippen molar-refractivity contribution in [3.63, 3.8) is 0 Å². The van der Waals surface area contributed by atoms with E-state index in [1.54, 1.807) is 18.2 Å². The Hall–Kier alpha value is -3.02. The summed E-state index contributed by atoms with van der Waals surface area (Å²) in [6.07, 6.45) is 7.60. The topological polar surface area (TPSA) is 120 Å². The lowest BCUT2D eigenvalue weighted by Gasteiger charge is -2.39. The molecule has 2 aromatic heterocycles. The molecular weight excluding hydrogens is 607 g/mol. The molecule has 3 N–H and O–H groups in total. The van der Waals surface area contributed by atoms with Crippen LogP contribution in [0.5, 0.6) is 0 Å². The van der Waals surface area contributed by atoms with Crippen LogP contribution in [0.15, 0.2) is 36.4 Å². The molecule has 45 heavy (non-hydrogen) atoms. The van der Waals surface area contributed by atoms with Crippen LogP contribution in [0, 0.1) is 16.7 Å². The number of rotatable bonds is 8. The third-order valence-corrected chi connectivity index (χ3v) is 11.6. The number of piperidine rings is 1. The van der Waals surface area contributed by atoms with Gasteiger partial charge in [0.15, 0.2) is 0 Å². The van der Waals surface area contributed by atoms with E-state index in [1.807, 2.05) is 12.1 Å². The summed E-state index contributed by atoms with van der Waals surface area (Å²) in [7, 11) is -3.46. The van der Waals surface area contributed by atoms with Crippen molar-refractivity contribution in [1.82, 2.24) is 20.5 Å². The monoisotopic (exact) mass is 651 g/mol. The average Bonchev–Trinajstić information content (AvgIpc) is 3.54. The van der Waals surface area contributed by atoms with Gasteiger partial charge in [-0.05, 0) is 98.2 Å². The van der Waals surface area contributed by atoms with Gasteiger partial charge in [0.1, 0.15) is 4.83 Å². The van der Waals surface area contributed by atoms with Crippen LogP contribution >= 0.6 is 11.3 Å². The summed E-state index contributed by atoms with van der Waals surface area (Å²) in [6.45, 7) is 9.99. The van der Waals surface area contributed by atoms with E-state index >= 15 is 0 Å². The highest BCUT2D eigenvalue weighted by Crippen LogP contribution is 2.39. The number of carbonyl (C=O) groups excluding carboxylic acids is 2. The predicted octanol–water partition coefficient (Wildman–Crippen LogP) is 5.28. The van der Waals surface area contributed by atoms with Crippen LogP contribution in [-0.2, 0) is 27.7 Å². The molecule has 0 radical (unpaired) electrons. The van der Waals surface area contributed by atoms with Crippen LogP contribution in [0.1, 0.15) is 85.4 Å². The van der Waals surface area contributed by atoms with Crippen molar-refractivity contribution in [2.45, 2.75) is 71.8 Å². The van der Waals surface area contributed by atoms with Crippen molar-refractivity contribution in [2.24, 2.45) is 16.7 Å². The smallest absolute Gasteiger partial charge is 0.261 e. The first-order valence-corrected chi connectivity index (χ1v) is 18.8. The number of nitrogens with one attached hydrogen (secondary N) is 3. The van der Waals surface area contributed by atoms with Gasteiger partial charge < -0.3 is 15.5 Å². The lowest BCUT2D eigenvalue weighted by Crippen LogP contribution is -2.47. The summed E-state index contributed by atoms with van der Waals surface area (Å²) < 4.78 is 26.5. The maximum absolute atomic E-state index is 13.8. The number of pyridine rings is 1. The molecule has 1 unspecified atom stereocenters. The van der Waals surface area contributed by atoms with Gasteiger partial charge in [-0.15, -0.1) is 11.3 Å². The first-order chi connectivity index (χ1) is 21.3. The Morgan fingerprint density at radius 1 is 1.22 bits per heavy atom. The van der Waals surface area contributed by atoms with Gasteiger partial charge in [0.2, 0.25) is 15.9 Å². The maximum atomic E-state index is 13.8. The molecular formula is C34H45N5O4S2. The third-order valence-electron chi connectivity index (χ3n) is 9.98. The standard InChI is InChI=1S/C34H45N5O4S2/c1-33(2,3)25-9-10-27-23(18-25)17-24-20-29(44-31(24)37-27)30(40)36-28(22-7-5-8-26(19-22)38-45(4,42)43)11-16-39-15-6-12-34(21-39)13-14-35-32(34)41/h5,7-8,17,19-20,25,28,38H,6,9-16,18,21H2,1-4H3,(H,35,41)(H,36,40)/t25-,28+,34?/m0/s1. The van der Waals surface area contributed by atoms with Gasteiger partial charge in [-0.25, -0.2) is 13.4 Å². The second kappa shape index (κ2) is 12.3. The summed E-state index contributed by atoms with van der Waals surface area (Å²) in [6, 6.07) is 11.1. The zero-order valence-corrected chi connectivity index (χ0v) is 28.4. The summed E-state index contributed by atoms with van der Waals surface area (Å²) in [5.41, 5.74) is 3.66. The second-order valence-electron chi connectivity index (χ2n) is 14.4. The molecule has 1 aromatic carbocycles. The van der Waals surface area contributed by atoms with Gasteiger partial charge in [-0.1, -0.05) is 32.9 Å². The largest absolute Gasteiger partial charge is 0.356 e. The molecule has 0 bridgehead atoms. The number of anilines is 1. The van der Waals surface area contributed by atoms with Crippen molar-refractivity contribution >= 4 is 49.1 Å². The average molecular weight is 652 g/mol. The van der Waals surface area contributed by atoms with Crippen molar-refractivity contribution in [3.05, 3.63) is 58.1 Å². The third kappa shape index (κ3) is 7.20. The molecule has 6 rings (SSSR count). The zero-order chi connectivity index (χ0) is 32.0. The molecule has 242 valence electrons. The van der Waals surface area contributed by atoms with Crippen LogP contribution in [0.4, 0.5) is 5.69 Å². The van der Waals surface area contributed by atoms with Crippen molar-refractivity contribution in [1.29, 1.82) is 0 Å². The zero-order valence-electron chi connectivity index (χ0n) is 26.7. The molecule has 2 amide bonds. The lowest BCUT2D eigenvalue weighted by molar-refractivity contribution is -0.130. The maximum Gasteiger partial charge on any atom is 0.261 e. The van der Waals surface area contributed by atoms with Gasteiger partial charge >= 0.3 is 0 Å². The molecule has 11 heteroatoms. The highest BCUT2D eigenvalue weighted by molar-refractivity contribution is 7.92. The number of hydrogen-bond donors (Lipinski definition) is 3. The van der Waals surface area contributed by atoms with E-state index in [0.29, 0.717) is 29.4 Å². The number of aryl methyl sites for hydroxylation is 1. The highest BCUT2D eigenvalue weighted by Gasteiger charge is 2.45. The molecule has 2 fully saturated rings. The van der Waals surface area contributed by atoms with Gasteiger partial charge in [0.05, 0.1) is 22.6 Å². The highest BCUT2D eigenvalue weighted by atomic mass is 32.2. The summed E-state index contributed by atoms with van der Waals surface area (Å²) in [5, 5.41) is 7.28. The lowest BCUT2D eigenvalue weighted by atomic mass is 9.71. The number of aromatic nitrogens is 1. The Balaban J connectivity index is 1.22. The Bertz CT molecular complexity index is 1710. The first kappa shape index (κ1) is 31.9. The van der Waals surface area contributed by atoms with E-state index in [0.717, 1.165) is 85.9 Å². The molecule has 4 heterocycles. The predicted molar refractivity (Wildman–Crippen MR) is 180 cm³/mol. The van der Waals surface area contributed by atoms with E-state index in [1.165, 1.54) is 16.9 Å². The minimum Gasteiger partial charge on any atom is -0.356 e. The number of sulfonamides is 1. The van der Waals surface area contributed by atoms with Gasteiger partial charge in [0.25, 0.3) is 5.91 Å². The molecule has 1 spiro atoms. The Morgan fingerprint density at radius 2 is 2.04 bits per heavy atom. The van der Waals surface area contributed by atoms with Crippen molar-refractivity contribution in [2.75, 3.05) is 37.2 Å². The number of hydrogen-bond acceptors (Lipinski definition) is 7. The van der Waals surface area contributed by atoms with Crippen LogP contribution in [0.3, 0.4) is 0 Å². The Kier molecular flexibility index (Phi) is 8.73. The summed E-state index contributed by atoms with van der Waals surface area (Å²) in [4.78, 5) is 35.3. The van der Waals surface area contributed by atoms with Crippen LogP contribution in [0.25, 0.3) is 10.2 Å². The SMILES string of the molecule is CC(C)(C)[C@H]1CCc2nc3sc(C(=O)N[C@H](CCN4CCCC5(CCNC5=O)C4)c4cccc(NS(C)(=O)=O)c4)cc3cc2C1. The fourth-order valence-electron chi connectivity index (χ4n) is 7.39.